The van der Waals surface area contributed by atoms with E-state index >= 15 is 0 Å². The fraction of sp³-hybridized carbons (Fsp3) is 0.267. The summed E-state index contributed by atoms with van der Waals surface area (Å²) < 4.78 is 89.0. The third-order valence-electron chi connectivity index (χ3n) is 3.41. The molecule has 12 heteroatoms. The molecule has 1 amide bonds. The number of thiophene rings is 1. The molecule has 1 aromatic heterocycles. The maximum atomic E-state index is 13.2. The van der Waals surface area contributed by atoms with E-state index in [1.165, 1.54) is 11.6 Å². The van der Waals surface area contributed by atoms with Crippen molar-refractivity contribution in [2.45, 2.75) is 30.3 Å². The van der Waals surface area contributed by atoms with Gasteiger partial charge in [-0.1, -0.05) is 0 Å². The van der Waals surface area contributed by atoms with Crippen LogP contribution in [0.1, 0.15) is 22.2 Å². The number of rotatable bonds is 5. The first kappa shape index (κ1) is 21.3. The van der Waals surface area contributed by atoms with Gasteiger partial charge in [-0.05, 0) is 32.0 Å². The lowest BCUT2D eigenvalue weighted by molar-refractivity contribution is -0.147. The summed E-state index contributed by atoms with van der Waals surface area (Å²) in [4.78, 5) is 12.5. The van der Waals surface area contributed by atoms with E-state index in [1.807, 2.05) is 0 Å². The van der Waals surface area contributed by atoms with E-state index < -0.39 is 44.0 Å². The summed E-state index contributed by atoms with van der Waals surface area (Å²) in [5.74, 6) is -3.12. The van der Waals surface area contributed by atoms with Crippen molar-refractivity contribution in [3.8, 4) is 0 Å². The Balaban J connectivity index is 2.24. The highest BCUT2D eigenvalue weighted by molar-refractivity contribution is 7.91. The average Bonchev–Trinajstić information content (AvgIpc) is 2.92. The number of nitrogens with one attached hydrogen (secondary N) is 2. The average molecular weight is 428 g/mol. The fourth-order valence-corrected chi connectivity index (χ4v) is 4.63. The molecule has 0 aliphatic rings. The van der Waals surface area contributed by atoms with Crippen LogP contribution in [0.15, 0.2) is 28.5 Å². The summed E-state index contributed by atoms with van der Waals surface area (Å²) in [5.41, 5.74) is -0.192. The minimum absolute atomic E-state index is 0.0716. The second kappa shape index (κ2) is 7.52. The summed E-state index contributed by atoms with van der Waals surface area (Å²) in [5, 5.41) is 2.26. The van der Waals surface area contributed by atoms with Gasteiger partial charge in [0.2, 0.25) is 0 Å². The van der Waals surface area contributed by atoms with Crippen LogP contribution in [0.3, 0.4) is 0 Å². The number of anilines is 1. The van der Waals surface area contributed by atoms with Crippen molar-refractivity contribution in [2.24, 2.45) is 0 Å². The number of amides is 1. The lowest BCUT2D eigenvalue weighted by atomic mass is 10.2. The lowest BCUT2D eigenvalue weighted by Crippen LogP contribution is -2.42. The molecule has 1 heterocycles. The number of alkyl halides is 3. The zero-order valence-corrected chi connectivity index (χ0v) is 15.5. The van der Waals surface area contributed by atoms with Crippen LogP contribution >= 0.6 is 11.3 Å². The van der Waals surface area contributed by atoms with Crippen molar-refractivity contribution in [3.05, 3.63) is 46.3 Å². The number of aryl methyl sites for hydroxylation is 1. The quantitative estimate of drug-likeness (QED) is 0.711. The molecule has 1 aromatic carbocycles. The smallest absolute Gasteiger partial charge is 0.322 e. The van der Waals surface area contributed by atoms with Gasteiger partial charge < -0.3 is 5.32 Å². The van der Waals surface area contributed by atoms with Crippen LogP contribution < -0.4 is 10.0 Å². The van der Waals surface area contributed by atoms with E-state index in [9.17, 15) is 35.2 Å². The molecule has 2 rings (SSSR count). The van der Waals surface area contributed by atoms with E-state index in [0.717, 1.165) is 24.3 Å². The minimum atomic E-state index is -4.77. The Labute approximate surface area is 155 Å². The Morgan fingerprint density at radius 1 is 1.15 bits per heavy atom. The zero-order chi connectivity index (χ0) is 20.6. The molecule has 27 heavy (non-hydrogen) atoms. The van der Waals surface area contributed by atoms with E-state index in [-0.39, 0.29) is 16.1 Å². The van der Waals surface area contributed by atoms with Crippen molar-refractivity contribution in [3.63, 3.8) is 0 Å². The zero-order valence-electron chi connectivity index (χ0n) is 13.8. The highest BCUT2D eigenvalue weighted by Crippen LogP contribution is 2.28. The van der Waals surface area contributed by atoms with Gasteiger partial charge in [0, 0.05) is 16.6 Å². The Bertz CT molecular complexity index is 970. The van der Waals surface area contributed by atoms with Gasteiger partial charge in [-0.15, -0.1) is 11.3 Å². The molecule has 0 saturated heterocycles. The molecular weight excluding hydrogens is 415 g/mol. The van der Waals surface area contributed by atoms with E-state index in [2.05, 4.69) is 5.32 Å². The molecule has 1 unspecified atom stereocenters. The maximum absolute atomic E-state index is 13.2. The van der Waals surface area contributed by atoms with Crippen molar-refractivity contribution in [1.82, 2.24) is 4.72 Å². The maximum Gasteiger partial charge on any atom is 0.404 e. The van der Waals surface area contributed by atoms with E-state index in [4.69, 9.17) is 0 Å². The van der Waals surface area contributed by atoms with Crippen molar-refractivity contribution in [1.29, 1.82) is 0 Å². The monoisotopic (exact) mass is 428 g/mol. The van der Waals surface area contributed by atoms with Crippen LogP contribution in [-0.4, -0.2) is 26.5 Å². The Morgan fingerprint density at radius 3 is 2.33 bits per heavy atom. The topological polar surface area (TPSA) is 75.3 Å². The van der Waals surface area contributed by atoms with Gasteiger partial charge in [0.05, 0.1) is 5.56 Å². The number of hydrogen-bond donors (Lipinski definition) is 2. The number of carbonyl (C=O) groups excluding carboxylic acids is 1. The number of hydrogen-bond acceptors (Lipinski definition) is 4. The highest BCUT2D eigenvalue weighted by Gasteiger charge is 2.39. The second-order valence-electron chi connectivity index (χ2n) is 5.50. The van der Waals surface area contributed by atoms with Crippen LogP contribution in [0.5, 0.6) is 0 Å². The van der Waals surface area contributed by atoms with Crippen molar-refractivity contribution in [2.75, 3.05) is 5.32 Å². The minimum Gasteiger partial charge on any atom is -0.322 e. The van der Waals surface area contributed by atoms with Gasteiger partial charge in [-0.2, -0.15) is 17.9 Å². The molecule has 2 N–H and O–H groups in total. The van der Waals surface area contributed by atoms with Gasteiger partial charge in [-0.25, -0.2) is 17.2 Å². The normalized spacial score (nSPS) is 13.4. The van der Waals surface area contributed by atoms with E-state index in [0.29, 0.717) is 18.3 Å². The molecule has 0 aliphatic heterocycles. The first-order valence-corrected chi connectivity index (χ1v) is 9.57. The largest absolute Gasteiger partial charge is 0.404 e. The summed E-state index contributed by atoms with van der Waals surface area (Å²) in [6, 6.07) is 1.23. The number of benzene rings is 1. The summed E-state index contributed by atoms with van der Waals surface area (Å²) >= 11 is 0.606. The van der Waals surface area contributed by atoms with Gasteiger partial charge in [0.1, 0.15) is 10.3 Å². The van der Waals surface area contributed by atoms with Crippen molar-refractivity contribution < 1.29 is 35.2 Å². The molecule has 0 bridgehead atoms. The van der Waals surface area contributed by atoms with Crippen LogP contribution in [0.2, 0.25) is 0 Å². The Morgan fingerprint density at radius 2 is 1.78 bits per heavy atom. The Hall–Kier alpha value is -2.05. The van der Waals surface area contributed by atoms with Gasteiger partial charge in [0.25, 0.3) is 15.9 Å². The predicted octanol–water partition coefficient (Wildman–Crippen LogP) is 3.82. The number of sulfonamides is 1. The predicted molar refractivity (Wildman–Crippen MR) is 89.2 cm³/mol. The molecule has 0 spiro atoms. The van der Waals surface area contributed by atoms with Crippen molar-refractivity contribution >= 4 is 33.0 Å². The molecule has 0 fully saturated rings. The SMILES string of the molecule is Cc1sc(S(=O)(=O)NC(C)C(F)(F)F)cc1C(=O)Nc1ccc(F)c(F)c1. The van der Waals surface area contributed by atoms with Crippen LogP contribution in [0, 0.1) is 18.6 Å². The van der Waals surface area contributed by atoms with Crippen LogP contribution in [-0.2, 0) is 10.0 Å². The lowest BCUT2D eigenvalue weighted by Gasteiger charge is -2.16. The third kappa shape index (κ3) is 5.02. The van der Waals surface area contributed by atoms with Gasteiger partial charge >= 0.3 is 6.18 Å². The standard InChI is InChI=1S/C15H13F5N2O3S2/c1-7-10(14(23)21-9-3-4-11(16)12(17)5-9)6-13(26-7)27(24,25)22-8(2)15(18,19)20/h3-6,8,22H,1-2H3,(H,21,23). The van der Waals surface area contributed by atoms with Crippen LogP contribution in [0.4, 0.5) is 27.6 Å². The first-order chi connectivity index (χ1) is 12.3. The van der Waals surface area contributed by atoms with Crippen LogP contribution in [0.25, 0.3) is 0 Å². The van der Waals surface area contributed by atoms with E-state index in [1.54, 1.807) is 0 Å². The highest BCUT2D eigenvalue weighted by atomic mass is 32.2. The molecule has 5 nitrogen and oxygen atoms in total. The molecule has 148 valence electrons. The molecule has 1 atom stereocenters. The molecule has 2 aromatic rings. The van der Waals surface area contributed by atoms with Gasteiger partial charge in [-0.3, -0.25) is 4.79 Å². The number of carbonyl (C=O) groups is 1. The summed E-state index contributed by atoms with van der Waals surface area (Å²) in [6.07, 6.45) is -4.77. The molecular formula is C15H13F5N2O3S2. The second-order valence-corrected chi connectivity index (χ2v) is 8.70. The summed E-state index contributed by atoms with van der Waals surface area (Å²) in [6.45, 7) is 2.05. The molecule has 0 aliphatic carbocycles. The first-order valence-electron chi connectivity index (χ1n) is 7.27. The number of halogens is 5. The molecule has 0 saturated carbocycles. The molecule has 0 radical (unpaired) electrons. The summed E-state index contributed by atoms with van der Waals surface area (Å²) in [7, 11) is -4.50. The Kier molecular flexibility index (Phi) is 5.92. The van der Waals surface area contributed by atoms with Gasteiger partial charge in [0.15, 0.2) is 11.6 Å². The fourth-order valence-electron chi connectivity index (χ4n) is 1.94. The third-order valence-corrected chi connectivity index (χ3v) is 6.47.